The molecule has 0 aromatic heterocycles. The Morgan fingerprint density at radius 3 is 2.27 bits per heavy atom. The number of ether oxygens (including phenoxy) is 1. The number of hydrogen-bond donors (Lipinski definition) is 3. The van der Waals surface area contributed by atoms with E-state index in [2.05, 4.69) is 31.8 Å². The summed E-state index contributed by atoms with van der Waals surface area (Å²) in [5.41, 5.74) is 3.64. The van der Waals surface area contributed by atoms with Gasteiger partial charge in [-0.05, 0) is 57.8 Å². The van der Waals surface area contributed by atoms with Crippen LogP contribution in [-0.4, -0.2) is 48.7 Å². The van der Waals surface area contributed by atoms with Crippen LogP contribution in [0.25, 0.3) is 0 Å². The van der Waals surface area contributed by atoms with Gasteiger partial charge in [-0.15, -0.1) is 11.6 Å². The van der Waals surface area contributed by atoms with Crippen LogP contribution in [0.5, 0.6) is 0 Å². The summed E-state index contributed by atoms with van der Waals surface area (Å²) in [5, 5.41) is 11.9. The molecule has 4 N–H and O–H groups in total. The zero-order valence-corrected chi connectivity index (χ0v) is 20.7. The minimum absolute atomic E-state index is 0.0124. The molecule has 1 fully saturated rings. The summed E-state index contributed by atoms with van der Waals surface area (Å²) in [7, 11) is 0. The normalized spacial score (nSPS) is 18.5. The molecule has 0 radical (unpaired) electrons. The molecule has 2 amide bonds. The zero-order chi connectivity index (χ0) is 23.4. The fourth-order valence-electron chi connectivity index (χ4n) is 3.04. The van der Waals surface area contributed by atoms with Gasteiger partial charge < -0.3 is 20.9 Å². The third kappa shape index (κ3) is 20.4. The van der Waals surface area contributed by atoms with Crippen molar-refractivity contribution in [2.24, 2.45) is 23.5 Å². The van der Waals surface area contributed by atoms with Crippen molar-refractivity contribution in [3.8, 4) is 0 Å². The molecule has 0 spiro atoms. The van der Waals surface area contributed by atoms with Gasteiger partial charge in [0.05, 0.1) is 18.8 Å². The molecule has 7 heteroatoms. The van der Waals surface area contributed by atoms with Gasteiger partial charge in [-0.3, -0.25) is 9.59 Å². The van der Waals surface area contributed by atoms with Crippen molar-refractivity contribution in [2.75, 3.05) is 25.6 Å². The largest absolute Gasteiger partial charge is 0.393 e. The van der Waals surface area contributed by atoms with E-state index in [0.29, 0.717) is 13.2 Å². The Kier molecular flexibility index (Phi) is 21.0. The number of halogens is 1. The van der Waals surface area contributed by atoms with Crippen molar-refractivity contribution in [2.45, 2.75) is 91.6 Å². The van der Waals surface area contributed by atoms with Crippen molar-refractivity contribution in [1.29, 1.82) is 0 Å². The fourth-order valence-corrected chi connectivity index (χ4v) is 3.23. The maximum atomic E-state index is 11.9. The minimum atomic E-state index is -0.523. The van der Waals surface area contributed by atoms with Gasteiger partial charge in [0.25, 0.3) is 0 Å². The standard InChI is InChI=1S/C14H27NO3.C8H17Cl.CH3NO/c1-11-4-6-12(7-5-11)13(17)15-8-9-18-14(2,3)10-16;1-8(2)6-4-3-5-7-9;2-1-3/h11-12,16H,4-10H2,1-3H3,(H,15,17);8H,3-7H2,1-2H3;1H,(H2,2,3). The number of carbonyl (C=O) groups is 2. The third-order valence-corrected chi connectivity index (χ3v) is 5.34. The molecule has 0 saturated heterocycles. The number of hydrogen-bond acceptors (Lipinski definition) is 4. The second-order valence-corrected chi connectivity index (χ2v) is 9.46. The first-order chi connectivity index (χ1) is 14.1. The zero-order valence-electron chi connectivity index (χ0n) is 19.9. The van der Waals surface area contributed by atoms with Gasteiger partial charge in [0.15, 0.2) is 0 Å². The molecule has 180 valence electrons. The summed E-state index contributed by atoms with van der Waals surface area (Å²) in [6, 6.07) is 0. The molecule has 0 heterocycles. The van der Waals surface area contributed by atoms with E-state index in [-0.39, 0.29) is 24.8 Å². The Bertz CT molecular complexity index is 412. The highest BCUT2D eigenvalue weighted by molar-refractivity contribution is 6.17. The third-order valence-electron chi connectivity index (χ3n) is 5.08. The average Bonchev–Trinajstić information content (AvgIpc) is 2.70. The highest BCUT2D eigenvalue weighted by Gasteiger charge is 2.24. The van der Waals surface area contributed by atoms with Crippen molar-refractivity contribution in [3.05, 3.63) is 0 Å². The molecular formula is C23H47ClN2O4. The lowest BCUT2D eigenvalue weighted by atomic mass is 9.82. The molecule has 6 nitrogen and oxygen atoms in total. The average molecular weight is 451 g/mol. The molecule has 0 aromatic carbocycles. The molecular weight excluding hydrogens is 404 g/mol. The quantitative estimate of drug-likeness (QED) is 0.248. The van der Waals surface area contributed by atoms with E-state index in [9.17, 15) is 4.79 Å². The van der Waals surface area contributed by atoms with Gasteiger partial charge >= 0.3 is 0 Å². The van der Waals surface area contributed by atoms with Crippen molar-refractivity contribution in [1.82, 2.24) is 5.32 Å². The summed E-state index contributed by atoms with van der Waals surface area (Å²) < 4.78 is 5.47. The Balaban J connectivity index is 0. The minimum Gasteiger partial charge on any atom is -0.393 e. The first-order valence-corrected chi connectivity index (χ1v) is 11.9. The van der Waals surface area contributed by atoms with Crippen molar-refractivity contribution >= 4 is 23.9 Å². The number of primary amides is 1. The number of aliphatic hydroxyl groups is 1. The van der Waals surface area contributed by atoms with Gasteiger partial charge in [-0.25, -0.2) is 0 Å². The first-order valence-electron chi connectivity index (χ1n) is 11.4. The summed E-state index contributed by atoms with van der Waals surface area (Å²) in [6.07, 6.45) is 9.79. The maximum Gasteiger partial charge on any atom is 0.223 e. The number of rotatable bonds is 11. The van der Waals surface area contributed by atoms with Gasteiger partial charge in [0.1, 0.15) is 0 Å². The number of carbonyl (C=O) groups excluding carboxylic acids is 2. The summed E-state index contributed by atoms with van der Waals surface area (Å²) in [5.74, 6) is 2.81. The van der Waals surface area contributed by atoms with Crippen LogP contribution in [0, 0.1) is 17.8 Å². The van der Waals surface area contributed by atoms with Crippen LogP contribution >= 0.6 is 11.6 Å². The number of nitrogens with one attached hydrogen (secondary N) is 1. The maximum absolute atomic E-state index is 11.9. The van der Waals surface area contributed by atoms with E-state index in [1.165, 1.54) is 25.7 Å². The SMILES string of the molecule is CC(C)CCCCCCl.CC1CCC(C(=O)NCCOC(C)(C)CO)CC1.NC=O. The lowest BCUT2D eigenvalue weighted by molar-refractivity contribution is -0.127. The molecule has 1 rings (SSSR count). The van der Waals surface area contributed by atoms with E-state index in [1.807, 2.05) is 13.8 Å². The van der Waals surface area contributed by atoms with Crippen LogP contribution in [0.2, 0.25) is 0 Å². The van der Waals surface area contributed by atoms with E-state index >= 15 is 0 Å². The molecule has 30 heavy (non-hydrogen) atoms. The van der Waals surface area contributed by atoms with Crippen LogP contribution in [0.15, 0.2) is 0 Å². The Hall–Kier alpha value is -0.850. The summed E-state index contributed by atoms with van der Waals surface area (Å²) in [4.78, 5) is 20.5. The monoisotopic (exact) mass is 450 g/mol. The number of amides is 2. The second kappa shape index (κ2) is 20.1. The summed E-state index contributed by atoms with van der Waals surface area (Å²) in [6.45, 7) is 11.4. The highest BCUT2D eigenvalue weighted by Crippen LogP contribution is 2.28. The molecule has 1 aliphatic rings. The lowest BCUT2D eigenvalue weighted by Gasteiger charge is -2.26. The number of aliphatic hydroxyl groups excluding tert-OH is 1. The van der Waals surface area contributed by atoms with E-state index in [1.54, 1.807) is 0 Å². The van der Waals surface area contributed by atoms with E-state index in [0.717, 1.165) is 43.4 Å². The molecule has 0 atom stereocenters. The van der Waals surface area contributed by atoms with Crippen LogP contribution < -0.4 is 11.1 Å². The fraction of sp³-hybridized carbons (Fsp3) is 0.913. The Morgan fingerprint density at radius 2 is 1.80 bits per heavy atom. The van der Waals surface area contributed by atoms with Crippen LogP contribution in [0.1, 0.15) is 86.0 Å². The Morgan fingerprint density at radius 1 is 1.23 bits per heavy atom. The Labute approximate surface area is 189 Å². The van der Waals surface area contributed by atoms with Gasteiger partial charge in [0.2, 0.25) is 12.3 Å². The molecule has 0 bridgehead atoms. The van der Waals surface area contributed by atoms with Crippen molar-refractivity contribution in [3.63, 3.8) is 0 Å². The predicted molar refractivity (Wildman–Crippen MR) is 126 cm³/mol. The first kappa shape index (κ1) is 31.3. The highest BCUT2D eigenvalue weighted by atomic mass is 35.5. The molecule has 1 aliphatic carbocycles. The van der Waals surface area contributed by atoms with Crippen LogP contribution in [0.4, 0.5) is 0 Å². The number of unbranched alkanes of at least 4 members (excludes halogenated alkanes) is 2. The van der Waals surface area contributed by atoms with E-state index in [4.69, 9.17) is 26.2 Å². The van der Waals surface area contributed by atoms with Crippen LogP contribution in [0.3, 0.4) is 0 Å². The van der Waals surface area contributed by atoms with Gasteiger partial charge in [0, 0.05) is 18.3 Å². The van der Waals surface area contributed by atoms with Gasteiger partial charge in [-0.1, -0.05) is 40.0 Å². The number of nitrogens with two attached hydrogens (primary N) is 1. The van der Waals surface area contributed by atoms with Crippen molar-refractivity contribution < 1.29 is 19.4 Å². The van der Waals surface area contributed by atoms with Gasteiger partial charge in [-0.2, -0.15) is 0 Å². The second-order valence-electron chi connectivity index (χ2n) is 9.08. The van der Waals surface area contributed by atoms with Crippen LogP contribution in [-0.2, 0) is 14.3 Å². The lowest BCUT2D eigenvalue weighted by Crippen LogP contribution is -2.37. The smallest absolute Gasteiger partial charge is 0.223 e. The topological polar surface area (TPSA) is 102 Å². The molecule has 1 saturated carbocycles. The van der Waals surface area contributed by atoms with E-state index < -0.39 is 5.60 Å². The molecule has 0 aliphatic heterocycles. The predicted octanol–water partition coefficient (Wildman–Crippen LogP) is 4.26. The number of alkyl halides is 1. The summed E-state index contributed by atoms with van der Waals surface area (Å²) >= 11 is 5.52. The molecule has 0 aromatic rings. The molecule has 0 unspecified atom stereocenters.